The van der Waals surface area contributed by atoms with E-state index in [-0.39, 0.29) is 22.5 Å². The topological polar surface area (TPSA) is 83.1 Å². The molecule has 3 aromatic rings. The van der Waals surface area contributed by atoms with Gasteiger partial charge in [-0.2, -0.15) is 0 Å². The van der Waals surface area contributed by atoms with E-state index in [4.69, 9.17) is 21.0 Å². The number of rotatable bonds is 5. The third-order valence-corrected chi connectivity index (χ3v) is 7.90. The number of furan rings is 1. The summed E-state index contributed by atoms with van der Waals surface area (Å²) >= 11 is 7.49. The maximum absolute atomic E-state index is 13.6. The first-order chi connectivity index (χ1) is 17.4. The van der Waals surface area contributed by atoms with Gasteiger partial charge in [0, 0.05) is 17.7 Å². The molecule has 8 heteroatoms. The molecule has 2 aromatic carbocycles. The smallest absolute Gasteiger partial charge is 0.337 e. The highest BCUT2D eigenvalue weighted by Crippen LogP contribution is 2.40. The van der Waals surface area contributed by atoms with Gasteiger partial charge in [0.1, 0.15) is 11.5 Å². The molecule has 0 bridgehead atoms. The minimum absolute atomic E-state index is 0.0320. The minimum Gasteiger partial charge on any atom is -0.478 e. The predicted octanol–water partition coefficient (Wildman–Crippen LogP) is 7.48. The number of hydrogen-bond donors (Lipinski definition) is 1. The molecule has 0 spiro atoms. The van der Waals surface area contributed by atoms with E-state index in [9.17, 15) is 14.7 Å². The summed E-state index contributed by atoms with van der Waals surface area (Å²) in [5.74, 6) is 0.319. The summed E-state index contributed by atoms with van der Waals surface area (Å²) in [4.78, 5) is 32.1. The van der Waals surface area contributed by atoms with Crippen molar-refractivity contribution in [2.45, 2.75) is 38.6 Å². The van der Waals surface area contributed by atoms with Gasteiger partial charge >= 0.3 is 5.97 Å². The SMILES string of the molecule is C[C@H]1CCCC[C@H]1N1C(=O)/C(=C/c2ccc(-c3ccc(C(=O)O)c(Cl)c3)o2)SC1=Nc1ccccc1. The molecule has 1 saturated carbocycles. The molecule has 2 atom stereocenters. The summed E-state index contributed by atoms with van der Waals surface area (Å²) in [6.07, 6.45) is 6.10. The molecular formula is C28H25ClN2O4S. The Labute approximate surface area is 218 Å². The van der Waals surface area contributed by atoms with Gasteiger partial charge in [0.25, 0.3) is 5.91 Å². The Hall–Kier alpha value is -3.29. The zero-order valence-corrected chi connectivity index (χ0v) is 21.3. The lowest BCUT2D eigenvalue weighted by Gasteiger charge is -2.35. The maximum Gasteiger partial charge on any atom is 0.337 e. The number of aliphatic imine (C=N–C) groups is 1. The highest BCUT2D eigenvalue weighted by atomic mass is 35.5. The molecule has 1 amide bonds. The minimum atomic E-state index is -1.09. The molecule has 6 nitrogen and oxygen atoms in total. The molecule has 1 saturated heterocycles. The lowest BCUT2D eigenvalue weighted by Crippen LogP contribution is -2.44. The monoisotopic (exact) mass is 520 g/mol. The van der Waals surface area contributed by atoms with Crippen molar-refractivity contribution in [2.75, 3.05) is 0 Å². The van der Waals surface area contributed by atoms with E-state index in [1.807, 2.05) is 35.2 Å². The van der Waals surface area contributed by atoms with E-state index in [1.54, 1.807) is 30.3 Å². The van der Waals surface area contributed by atoms with Crippen molar-refractivity contribution in [3.05, 3.63) is 81.9 Å². The van der Waals surface area contributed by atoms with Crippen LogP contribution in [0.25, 0.3) is 17.4 Å². The molecule has 2 heterocycles. The Morgan fingerprint density at radius 1 is 1.14 bits per heavy atom. The van der Waals surface area contributed by atoms with Gasteiger partial charge in [-0.1, -0.05) is 55.6 Å². The van der Waals surface area contributed by atoms with Crippen LogP contribution in [0, 0.1) is 5.92 Å². The maximum atomic E-state index is 13.6. The predicted molar refractivity (Wildman–Crippen MR) is 143 cm³/mol. The number of carboxylic acids is 1. The Kier molecular flexibility index (Phi) is 7.03. The number of thioether (sulfide) groups is 1. The molecule has 1 N–H and O–H groups in total. The van der Waals surface area contributed by atoms with Crippen molar-refractivity contribution < 1.29 is 19.1 Å². The quantitative estimate of drug-likeness (QED) is 0.352. The van der Waals surface area contributed by atoms with Gasteiger partial charge in [0.15, 0.2) is 5.17 Å². The normalized spacial score (nSPS) is 22.5. The number of aromatic carboxylic acids is 1. The second-order valence-corrected chi connectivity index (χ2v) is 10.5. The molecule has 0 radical (unpaired) electrons. The molecular weight excluding hydrogens is 496 g/mol. The fraction of sp³-hybridized carbons (Fsp3) is 0.250. The summed E-state index contributed by atoms with van der Waals surface area (Å²) < 4.78 is 5.98. The van der Waals surface area contributed by atoms with Crippen LogP contribution in [0.5, 0.6) is 0 Å². The van der Waals surface area contributed by atoms with Crippen LogP contribution in [0.15, 0.2) is 75.0 Å². The molecule has 1 aliphatic carbocycles. The second-order valence-electron chi connectivity index (χ2n) is 9.05. The number of carbonyl (C=O) groups excluding carboxylic acids is 1. The number of benzene rings is 2. The van der Waals surface area contributed by atoms with Crippen LogP contribution in [-0.2, 0) is 4.79 Å². The summed E-state index contributed by atoms with van der Waals surface area (Å²) in [5.41, 5.74) is 1.50. The second kappa shape index (κ2) is 10.4. The number of para-hydroxylation sites is 1. The number of amidine groups is 1. The number of hydrogen-bond acceptors (Lipinski definition) is 5. The summed E-state index contributed by atoms with van der Waals surface area (Å²) in [7, 11) is 0. The first kappa shape index (κ1) is 24.4. The van der Waals surface area contributed by atoms with E-state index in [0.29, 0.717) is 33.1 Å². The van der Waals surface area contributed by atoms with Gasteiger partial charge in [-0.05, 0) is 66.9 Å². The van der Waals surface area contributed by atoms with Crippen molar-refractivity contribution in [1.29, 1.82) is 0 Å². The van der Waals surface area contributed by atoms with Crippen molar-refractivity contribution in [3.63, 3.8) is 0 Å². The molecule has 1 aliphatic heterocycles. The zero-order chi connectivity index (χ0) is 25.2. The van der Waals surface area contributed by atoms with E-state index < -0.39 is 5.97 Å². The van der Waals surface area contributed by atoms with Crippen LogP contribution in [0.3, 0.4) is 0 Å². The number of nitrogens with zero attached hydrogens (tertiary/aromatic N) is 2. The highest BCUT2D eigenvalue weighted by molar-refractivity contribution is 8.18. The van der Waals surface area contributed by atoms with Crippen molar-refractivity contribution in [2.24, 2.45) is 10.9 Å². The molecule has 36 heavy (non-hydrogen) atoms. The fourth-order valence-corrected chi connectivity index (χ4v) is 5.99. The standard InChI is InChI=1S/C28H25ClN2O4S/c1-17-7-5-6-10-23(17)31-26(32)25(36-28(31)30-19-8-3-2-4-9-19)16-20-12-14-24(35-20)18-11-13-21(27(33)34)22(29)15-18/h2-4,8-9,11-17,23H,5-7,10H2,1H3,(H,33,34)/b25-16-,30-28?/t17-,23+/m0/s1. The van der Waals surface area contributed by atoms with E-state index in [2.05, 4.69) is 6.92 Å². The number of carbonyl (C=O) groups is 2. The number of halogens is 1. The zero-order valence-electron chi connectivity index (χ0n) is 19.7. The van der Waals surface area contributed by atoms with Crippen molar-refractivity contribution in [3.8, 4) is 11.3 Å². The lowest BCUT2D eigenvalue weighted by atomic mass is 9.85. The molecule has 0 unspecified atom stereocenters. The van der Waals surface area contributed by atoms with Gasteiger partial charge in [0.05, 0.1) is 21.2 Å². The van der Waals surface area contributed by atoms with Gasteiger partial charge in [-0.25, -0.2) is 9.79 Å². The van der Waals surface area contributed by atoms with Crippen LogP contribution in [0.2, 0.25) is 5.02 Å². The van der Waals surface area contributed by atoms with E-state index in [0.717, 1.165) is 24.9 Å². The Morgan fingerprint density at radius 2 is 1.92 bits per heavy atom. The van der Waals surface area contributed by atoms with Crippen molar-refractivity contribution >= 4 is 52.2 Å². The number of amides is 1. The third-order valence-electron chi connectivity index (χ3n) is 6.60. The summed E-state index contributed by atoms with van der Waals surface area (Å²) in [6.45, 7) is 2.21. The van der Waals surface area contributed by atoms with Crippen LogP contribution >= 0.6 is 23.4 Å². The van der Waals surface area contributed by atoms with Gasteiger partial charge in [-0.3, -0.25) is 9.69 Å². The van der Waals surface area contributed by atoms with Crippen LogP contribution in [0.1, 0.15) is 48.7 Å². The first-order valence-electron chi connectivity index (χ1n) is 11.9. The first-order valence-corrected chi connectivity index (χ1v) is 13.1. The van der Waals surface area contributed by atoms with E-state index >= 15 is 0 Å². The average molecular weight is 521 g/mol. The third kappa shape index (κ3) is 4.99. The van der Waals surface area contributed by atoms with E-state index in [1.165, 1.54) is 24.2 Å². The van der Waals surface area contributed by atoms with Gasteiger partial charge in [-0.15, -0.1) is 0 Å². The average Bonchev–Trinajstić information content (AvgIpc) is 3.45. The summed E-state index contributed by atoms with van der Waals surface area (Å²) in [6, 6.07) is 18.0. The van der Waals surface area contributed by atoms with Crippen LogP contribution in [0.4, 0.5) is 5.69 Å². The van der Waals surface area contributed by atoms with Crippen LogP contribution in [-0.4, -0.2) is 33.1 Å². The lowest BCUT2D eigenvalue weighted by molar-refractivity contribution is -0.124. The molecule has 1 aromatic heterocycles. The molecule has 5 rings (SSSR count). The Balaban J connectivity index is 1.46. The van der Waals surface area contributed by atoms with Gasteiger partial charge in [0.2, 0.25) is 0 Å². The summed E-state index contributed by atoms with van der Waals surface area (Å²) in [5, 5.41) is 10.0. The molecule has 184 valence electrons. The molecule has 2 fully saturated rings. The molecule has 2 aliphatic rings. The Morgan fingerprint density at radius 3 is 2.64 bits per heavy atom. The van der Waals surface area contributed by atoms with Crippen molar-refractivity contribution in [1.82, 2.24) is 4.90 Å². The Bertz CT molecular complexity index is 1360. The van der Waals surface area contributed by atoms with Gasteiger partial charge < -0.3 is 9.52 Å². The number of carboxylic acid groups (broad SMARTS) is 1. The fourth-order valence-electron chi connectivity index (χ4n) is 4.71. The largest absolute Gasteiger partial charge is 0.478 e. The highest BCUT2D eigenvalue weighted by Gasteiger charge is 2.41. The van der Waals surface area contributed by atoms with Crippen LogP contribution < -0.4 is 0 Å².